The highest BCUT2D eigenvalue weighted by Gasteiger charge is 2.34. The van der Waals surface area contributed by atoms with Gasteiger partial charge in [0.25, 0.3) is 11.8 Å². The number of fused-ring (bicyclic) bond motifs is 1. The second kappa shape index (κ2) is 6.30. The number of amides is 2. The monoisotopic (exact) mass is 331 g/mol. The molecular weight excluding hydrogens is 318 g/mol. The van der Waals surface area contributed by atoms with Gasteiger partial charge in [0.05, 0.1) is 29.8 Å². The third-order valence-electron chi connectivity index (χ3n) is 3.59. The van der Waals surface area contributed by atoms with Crippen molar-refractivity contribution in [3.05, 3.63) is 58.6 Å². The third kappa shape index (κ3) is 2.75. The molecule has 0 aromatic heterocycles. The molecule has 1 aliphatic heterocycles. The Kier molecular flexibility index (Phi) is 4.21. The van der Waals surface area contributed by atoms with Gasteiger partial charge >= 0.3 is 0 Å². The number of halogens is 1. The molecular formula is C17H14ClNO4. The van der Waals surface area contributed by atoms with E-state index in [-0.39, 0.29) is 25.0 Å². The van der Waals surface area contributed by atoms with Crippen LogP contribution in [0.3, 0.4) is 0 Å². The molecule has 0 unspecified atom stereocenters. The van der Waals surface area contributed by atoms with Crippen LogP contribution in [-0.4, -0.2) is 37.0 Å². The van der Waals surface area contributed by atoms with E-state index in [1.807, 2.05) is 0 Å². The maximum absolute atomic E-state index is 12.2. The van der Waals surface area contributed by atoms with Crippen LogP contribution in [0.2, 0.25) is 5.02 Å². The van der Waals surface area contributed by atoms with Crippen LogP contribution in [0.1, 0.15) is 20.7 Å². The van der Waals surface area contributed by atoms with Gasteiger partial charge in [0.1, 0.15) is 6.61 Å². The minimum atomic E-state index is -0.305. The van der Waals surface area contributed by atoms with E-state index in [9.17, 15) is 9.59 Å². The summed E-state index contributed by atoms with van der Waals surface area (Å²) in [5.74, 6) is 0.286. The summed E-state index contributed by atoms with van der Waals surface area (Å²) in [5, 5.41) is 0.409. The Balaban J connectivity index is 1.69. The number of para-hydroxylation sites is 1. The van der Waals surface area contributed by atoms with E-state index < -0.39 is 0 Å². The molecule has 2 amide bonds. The number of ether oxygens (including phenoxy) is 2. The zero-order chi connectivity index (χ0) is 16.4. The second-order valence-corrected chi connectivity index (χ2v) is 5.33. The number of carbonyl (C=O) groups is 2. The number of hydrogen-bond acceptors (Lipinski definition) is 4. The number of methoxy groups -OCH3 is 1. The summed E-state index contributed by atoms with van der Waals surface area (Å²) in [4.78, 5) is 25.7. The lowest BCUT2D eigenvalue weighted by atomic mass is 10.1. The van der Waals surface area contributed by atoms with Crippen LogP contribution in [0.25, 0.3) is 0 Å². The highest BCUT2D eigenvalue weighted by Crippen LogP contribution is 2.34. The Morgan fingerprint density at radius 1 is 1.00 bits per heavy atom. The number of imide groups is 1. The summed E-state index contributed by atoms with van der Waals surface area (Å²) < 4.78 is 10.8. The fourth-order valence-corrected chi connectivity index (χ4v) is 2.69. The van der Waals surface area contributed by atoms with Crippen LogP contribution in [0.15, 0.2) is 42.5 Å². The molecule has 3 rings (SSSR count). The van der Waals surface area contributed by atoms with E-state index in [0.29, 0.717) is 27.6 Å². The van der Waals surface area contributed by atoms with Crippen molar-refractivity contribution in [1.29, 1.82) is 0 Å². The third-order valence-corrected chi connectivity index (χ3v) is 3.89. The minimum absolute atomic E-state index is 0.131. The molecule has 5 nitrogen and oxygen atoms in total. The Morgan fingerprint density at radius 2 is 1.65 bits per heavy atom. The smallest absolute Gasteiger partial charge is 0.261 e. The van der Waals surface area contributed by atoms with Crippen molar-refractivity contribution >= 4 is 23.4 Å². The van der Waals surface area contributed by atoms with Crippen LogP contribution < -0.4 is 9.47 Å². The molecule has 1 heterocycles. The summed E-state index contributed by atoms with van der Waals surface area (Å²) >= 11 is 6.08. The quantitative estimate of drug-likeness (QED) is 0.790. The molecule has 0 fully saturated rings. The highest BCUT2D eigenvalue weighted by atomic mass is 35.5. The van der Waals surface area contributed by atoms with Crippen LogP contribution in [0.5, 0.6) is 11.5 Å². The van der Waals surface area contributed by atoms with Gasteiger partial charge in [-0.1, -0.05) is 29.8 Å². The average molecular weight is 332 g/mol. The predicted molar refractivity (Wildman–Crippen MR) is 85.3 cm³/mol. The van der Waals surface area contributed by atoms with Crippen molar-refractivity contribution in [2.24, 2.45) is 0 Å². The van der Waals surface area contributed by atoms with Crippen molar-refractivity contribution in [3.8, 4) is 11.5 Å². The molecule has 0 spiro atoms. The van der Waals surface area contributed by atoms with E-state index >= 15 is 0 Å². The molecule has 6 heteroatoms. The second-order valence-electron chi connectivity index (χ2n) is 4.93. The minimum Gasteiger partial charge on any atom is -0.493 e. The largest absolute Gasteiger partial charge is 0.493 e. The first kappa shape index (κ1) is 15.4. The maximum Gasteiger partial charge on any atom is 0.261 e. The molecule has 118 valence electrons. The summed E-state index contributed by atoms with van der Waals surface area (Å²) in [6, 6.07) is 11.9. The summed E-state index contributed by atoms with van der Waals surface area (Å²) in [7, 11) is 1.52. The summed E-state index contributed by atoms with van der Waals surface area (Å²) in [6.07, 6.45) is 0. The molecule has 0 bridgehead atoms. The average Bonchev–Trinajstić information content (AvgIpc) is 2.81. The van der Waals surface area contributed by atoms with E-state index in [1.165, 1.54) is 12.0 Å². The van der Waals surface area contributed by atoms with Gasteiger partial charge in [-0.3, -0.25) is 14.5 Å². The van der Waals surface area contributed by atoms with Crippen molar-refractivity contribution in [3.63, 3.8) is 0 Å². The molecule has 1 aliphatic rings. The fourth-order valence-electron chi connectivity index (χ4n) is 2.47. The maximum atomic E-state index is 12.2. The van der Waals surface area contributed by atoms with Gasteiger partial charge in [-0.15, -0.1) is 0 Å². The Bertz CT molecular complexity index is 740. The van der Waals surface area contributed by atoms with Crippen molar-refractivity contribution in [2.45, 2.75) is 0 Å². The van der Waals surface area contributed by atoms with Gasteiger partial charge in [-0.25, -0.2) is 0 Å². The number of hydrogen-bond donors (Lipinski definition) is 0. The van der Waals surface area contributed by atoms with Crippen molar-refractivity contribution < 1.29 is 19.1 Å². The molecule has 0 atom stereocenters. The Hall–Kier alpha value is -2.53. The van der Waals surface area contributed by atoms with E-state index in [4.69, 9.17) is 21.1 Å². The lowest BCUT2D eigenvalue weighted by Crippen LogP contribution is -2.33. The first-order valence-corrected chi connectivity index (χ1v) is 7.42. The number of rotatable bonds is 5. The van der Waals surface area contributed by atoms with Gasteiger partial charge in [-0.2, -0.15) is 0 Å². The molecule has 2 aromatic rings. The molecule has 0 N–H and O–H groups in total. The van der Waals surface area contributed by atoms with Gasteiger partial charge in [-0.05, 0) is 24.3 Å². The molecule has 0 saturated heterocycles. The topological polar surface area (TPSA) is 55.8 Å². The van der Waals surface area contributed by atoms with Gasteiger partial charge in [0, 0.05) is 0 Å². The van der Waals surface area contributed by atoms with E-state index in [2.05, 4.69) is 0 Å². The highest BCUT2D eigenvalue weighted by molar-refractivity contribution is 6.32. The molecule has 2 aromatic carbocycles. The molecule has 23 heavy (non-hydrogen) atoms. The lowest BCUT2D eigenvalue weighted by Gasteiger charge is -2.16. The van der Waals surface area contributed by atoms with Gasteiger partial charge in [0.2, 0.25) is 0 Å². The molecule has 0 saturated carbocycles. The zero-order valence-corrected chi connectivity index (χ0v) is 13.2. The normalized spacial score (nSPS) is 13.2. The summed E-state index contributed by atoms with van der Waals surface area (Å²) in [5.41, 5.74) is 0.848. The van der Waals surface area contributed by atoms with E-state index in [1.54, 1.807) is 42.5 Å². The van der Waals surface area contributed by atoms with Crippen LogP contribution in [0, 0.1) is 0 Å². The van der Waals surface area contributed by atoms with Crippen LogP contribution in [-0.2, 0) is 0 Å². The van der Waals surface area contributed by atoms with Gasteiger partial charge in [0.15, 0.2) is 11.5 Å². The standard InChI is InChI=1S/C17H14ClNO4/c1-22-14-8-4-7-13(18)15(14)23-10-9-19-16(20)11-5-2-3-6-12(11)17(19)21/h2-8H,9-10H2,1H3. The fraction of sp³-hybridized carbons (Fsp3) is 0.176. The van der Waals surface area contributed by atoms with Crippen LogP contribution in [0.4, 0.5) is 0 Å². The molecule has 0 radical (unpaired) electrons. The lowest BCUT2D eigenvalue weighted by molar-refractivity contribution is 0.0631. The predicted octanol–water partition coefficient (Wildman–Crippen LogP) is 3.02. The Morgan fingerprint density at radius 3 is 2.26 bits per heavy atom. The number of benzene rings is 2. The zero-order valence-electron chi connectivity index (χ0n) is 12.4. The van der Waals surface area contributed by atoms with Crippen molar-refractivity contribution in [2.75, 3.05) is 20.3 Å². The number of carbonyl (C=O) groups excluding carboxylic acids is 2. The summed E-state index contributed by atoms with van der Waals surface area (Å²) in [6.45, 7) is 0.270. The first-order chi connectivity index (χ1) is 11.1. The SMILES string of the molecule is COc1cccc(Cl)c1OCCN1C(=O)c2ccccc2C1=O. The van der Waals surface area contributed by atoms with Gasteiger partial charge < -0.3 is 9.47 Å². The van der Waals surface area contributed by atoms with E-state index in [0.717, 1.165) is 0 Å². The number of nitrogens with zero attached hydrogens (tertiary/aromatic N) is 1. The molecule has 0 aliphatic carbocycles. The first-order valence-electron chi connectivity index (χ1n) is 7.04. The Labute approximate surface area is 138 Å². The van der Waals surface area contributed by atoms with Crippen LogP contribution >= 0.6 is 11.6 Å². The van der Waals surface area contributed by atoms with Crippen molar-refractivity contribution in [1.82, 2.24) is 4.90 Å².